The van der Waals surface area contributed by atoms with Crippen LogP contribution in [-0.4, -0.2) is 44.2 Å². The zero-order valence-electron chi connectivity index (χ0n) is 18.0. The van der Waals surface area contributed by atoms with E-state index in [9.17, 15) is 17.6 Å². The fourth-order valence-electron chi connectivity index (χ4n) is 3.48. The molecular weight excluding hydrogens is 419 g/mol. The second-order valence-electron chi connectivity index (χ2n) is 7.49. The Labute approximate surface area is 182 Å². The standard InChI is InChI=1S/C23H27FN2O4S/c1-4-21-20(19-8-5-6-9-22(19)30-21)16-25(2)23(27)10-7-15-26(3)31(28,29)18-13-11-17(24)12-14-18/h5-6,8-9,11-14H,4,7,10,15-16H2,1-3H3. The average Bonchev–Trinajstić information content (AvgIpc) is 3.11. The number of hydrogen-bond acceptors (Lipinski definition) is 4. The third-order valence-corrected chi connectivity index (χ3v) is 7.18. The molecule has 0 fully saturated rings. The van der Waals surface area contributed by atoms with Crippen molar-refractivity contribution in [2.75, 3.05) is 20.6 Å². The number of halogens is 1. The van der Waals surface area contributed by atoms with Crippen molar-refractivity contribution >= 4 is 26.9 Å². The molecule has 0 aliphatic carbocycles. The summed E-state index contributed by atoms with van der Waals surface area (Å²) in [5.74, 6) is 0.303. The first-order valence-electron chi connectivity index (χ1n) is 10.2. The van der Waals surface area contributed by atoms with Crippen molar-refractivity contribution in [2.45, 2.75) is 37.6 Å². The average molecular weight is 447 g/mol. The molecular formula is C23H27FN2O4S. The number of fused-ring (bicyclic) bond motifs is 1. The first kappa shape index (κ1) is 23.0. The quantitative estimate of drug-likeness (QED) is 0.494. The van der Waals surface area contributed by atoms with Crippen LogP contribution in [0.1, 0.15) is 31.1 Å². The van der Waals surface area contributed by atoms with Gasteiger partial charge in [0.25, 0.3) is 0 Å². The molecule has 8 heteroatoms. The van der Waals surface area contributed by atoms with E-state index in [0.717, 1.165) is 40.8 Å². The van der Waals surface area contributed by atoms with Crippen LogP contribution in [0.5, 0.6) is 0 Å². The molecule has 0 saturated carbocycles. The van der Waals surface area contributed by atoms with Gasteiger partial charge < -0.3 is 9.32 Å². The van der Waals surface area contributed by atoms with Gasteiger partial charge in [-0.2, -0.15) is 0 Å². The number of carbonyl (C=O) groups excluding carboxylic acids is 1. The van der Waals surface area contributed by atoms with E-state index in [0.29, 0.717) is 13.0 Å². The number of nitrogens with zero attached hydrogens (tertiary/aromatic N) is 2. The molecule has 0 saturated heterocycles. The maximum Gasteiger partial charge on any atom is 0.242 e. The van der Waals surface area contributed by atoms with Gasteiger partial charge in [0, 0.05) is 51.0 Å². The van der Waals surface area contributed by atoms with Crippen molar-refractivity contribution in [3.63, 3.8) is 0 Å². The summed E-state index contributed by atoms with van der Waals surface area (Å²) in [5.41, 5.74) is 1.81. The van der Waals surface area contributed by atoms with Crippen molar-refractivity contribution in [1.82, 2.24) is 9.21 Å². The van der Waals surface area contributed by atoms with E-state index < -0.39 is 15.8 Å². The van der Waals surface area contributed by atoms with E-state index in [1.165, 1.54) is 23.5 Å². The molecule has 1 amide bonds. The minimum absolute atomic E-state index is 0.0266. The Morgan fingerprint density at radius 1 is 1.06 bits per heavy atom. The highest BCUT2D eigenvalue weighted by Crippen LogP contribution is 2.27. The Morgan fingerprint density at radius 3 is 2.42 bits per heavy atom. The Kier molecular flexibility index (Phi) is 7.12. The van der Waals surface area contributed by atoms with E-state index in [1.54, 1.807) is 11.9 Å². The summed E-state index contributed by atoms with van der Waals surface area (Å²) in [6, 6.07) is 12.5. The van der Waals surface area contributed by atoms with Gasteiger partial charge in [0.15, 0.2) is 0 Å². The van der Waals surface area contributed by atoms with Gasteiger partial charge >= 0.3 is 0 Å². The van der Waals surface area contributed by atoms with Crippen LogP contribution >= 0.6 is 0 Å². The Bertz CT molecular complexity index is 1160. The zero-order valence-corrected chi connectivity index (χ0v) is 18.8. The summed E-state index contributed by atoms with van der Waals surface area (Å²) in [5, 5.41) is 1.00. The fraction of sp³-hybridized carbons (Fsp3) is 0.348. The van der Waals surface area contributed by atoms with Crippen molar-refractivity contribution in [2.24, 2.45) is 0 Å². The van der Waals surface area contributed by atoms with Crippen molar-refractivity contribution in [3.05, 3.63) is 65.7 Å². The van der Waals surface area contributed by atoms with Gasteiger partial charge in [-0.3, -0.25) is 4.79 Å². The maximum atomic E-state index is 13.1. The molecule has 0 unspecified atom stereocenters. The van der Waals surface area contributed by atoms with Gasteiger partial charge in [-0.05, 0) is 36.8 Å². The van der Waals surface area contributed by atoms with Crippen LogP contribution in [0.2, 0.25) is 0 Å². The minimum Gasteiger partial charge on any atom is -0.461 e. The SMILES string of the molecule is CCc1oc2ccccc2c1CN(C)C(=O)CCCN(C)S(=O)(=O)c1ccc(F)cc1. The Morgan fingerprint density at radius 2 is 1.74 bits per heavy atom. The molecule has 31 heavy (non-hydrogen) atoms. The molecule has 1 heterocycles. The molecule has 6 nitrogen and oxygen atoms in total. The van der Waals surface area contributed by atoms with E-state index in [2.05, 4.69) is 0 Å². The summed E-state index contributed by atoms with van der Waals surface area (Å²) in [6.45, 7) is 2.64. The van der Waals surface area contributed by atoms with Crippen LogP contribution < -0.4 is 0 Å². The number of aryl methyl sites for hydroxylation is 1. The van der Waals surface area contributed by atoms with Crippen molar-refractivity contribution in [3.8, 4) is 0 Å². The lowest BCUT2D eigenvalue weighted by atomic mass is 10.1. The van der Waals surface area contributed by atoms with Gasteiger partial charge in [0.05, 0.1) is 4.90 Å². The van der Waals surface area contributed by atoms with Crippen LogP contribution in [0, 0.1) is 5.82 Å². The van der Waals surface area contributed by atoms with Gasteiger partial charge in [0.1, 0.15) is 17.2 Å². The van der Waals surface area contributed by atoms with Gasteiger partial charge in [0.2, 0.25) is 15.9 Å². The van der Waals surface area contributed by atoms with E-state index in [1.807, 2.05) is 31.2 Å². The first-order valence-corrected chi connectivity index (χ1v) is 11.6. The predicted octanol–water partition coefficient (Wildman–Crippen LogP) is 4.19. The summed E-state index contributed by atoms with van der Waals surface area (Å²) in [4.78, 5) is 14.3. The van der Waals surface area contributed by atoms with Crippen LogP contribution in [0.3, 0.4) is 0 Å². The Balaban J connectivity index is 1.58. The highest BCUT2D eigenvalue weighted by molar-refractivity contribution is 7.89. The second-order valence-corrected chi connectivity index (χ2v) is 9.53. The van der Waals surface area contributed by atoms with Crippen molar-refractivity contribution < 1.29 is 22.0 Å². The van der Waals surface area contributed by atoms with Crippen LogP contribution in [0.4, 0.5) is 4.39 Å². The molecule has 0 aliphatic heterocycles. The summed E-state index contributed by atoms with van der Waals surface area (Å²) in [7, 11) is -0.524. The topological polar surface area (TPSA) is 70.8 Å². The van der Waals surface area contributed by atoms with Gasteiger partial charge in [-0.1, -0.05) is 25.1 Å². The number of rotatable bonds is 9. The number of furan rings is 1. The zero-order chi connectivity index (χ0) is 22.6. The third kappa shape index (κ3) is 5.14. The molecule has 1 aromatic heterocycles. The number of carbonyl (C=O) groups is 1. The Hall–Kier alpha value is -2.71. The molecule has 0 spiro atoms. The molecule has 0 atom stereocenters. The lowest BCUT2D eigenvalue weighted by Gasteiger charge is -2.20. The highest BCUT2D eigenvalue weighted by Gasteiger charge is 2.21. The fourth-order valence-corrected chi connectivity index (χ4v) is 4.69. The molecule has 0 aliphatic rings. The normalized spacial score (nSPS) is 11.9. The maximum absolute atomic E-state index is 13.1. The number of sulfonamides is 1. The molecule has 2 aromatic carbocycles. The molecule has 0 bridgehead atoms. The lowest BCUT2D eigenvalue weighted by Crippen LogP contribution is -2.30. The summed E-state index contributed by atoms with van der Waals surface area (Å²) < 4.78 is 45.3. The monoisotopic (exact) mass is 446 g/mol. The number of benzene rings is 2. The van der Waals surface area contributed by atoms with Crippen LogP contribution in [0.25, 0.3) is 11.0 Å². The molecule has 3 aromatic rings. The first-order chi connectivity index (χ1) is 14.7. The van der Waals surface area contributed by atoms with E-state index in [4.69, 9.17) is 4.42 Å². The molecule has 166 valence electrons. The number of hydrogen-bond donors (Lipinski definition) is 0. The lowest BCUT2D eigenvalue weighted by molar-refractivity contribution is -0.130. The molecule has 0 N–H and O–H groups in total. The largest absolute Gasteiger partial charge is 0.461 e. The second kappa shape index (κ2) is 9.62. The van der Waals surface area contributed by atoms with E-state index >= 15 is 0 Å². The van der Waals surface area contributed by atoms with Crippen molar-refractivity contribution in [1.29, 1.82) is 0 Å². The smallest absolute Gasteiger partial charge is 0.242 e. The van der Waals surface area contributed by atoms with Crippen LogP contribution in [-0.2, 0) is 27.8 Å². The molecule has 3 rings (SSSR count). The third-order valence-electron chi connectivity index (χ3n) is 5.31. The van der Waals surface area contributed by atoms with Crippen LogP contribution in [0.15, 0.2) is 57.8 Å². The highest BCUT2D eigenvalue weighted by atomic mass is 32.2. The number of para-hydroxylation sites is 1. The predicted molar refractivity (Wildman–Crippen MR) is 118 cm³/mol. The summed E-state index contributed by atoms with van der Waals surface area (Å²) >= 11 is 0. The number of amides is 1. The van der Waals surface area contributed by atoms with E-state index in [-0.39, 0.29) is 23.8 Å². The van der Waals surface area contributed by atoms with Gasteiger partial charge in [-0.15, -0.1) is 0 Å². The minimum atomic E-state index is -3.72. The molecule has 0 radical (unpaired) electrons. The summed E-state index contributed by atoms with van der Waals surface area (Å²) in [6.07, 6.45) is 1.34. The van der Waals surface area contributed by atoms with Gasteiger partial charge in [-0.25, -0.2) is 17.1 Å².